The van der Waals surface area contributed by atoms with Crippen LogP contribution in [0.1, 0.15) is 12.8 Å². The molecule has 0 heterocycles. The zero-order valence-electron chi connectivity index (χ0n) is 9.91. The highest BCUT2D eigenvalue weighted by Crippen LogP contribution is 2.05. The Morgan fingerprint density at radius 3 is 2.89 bits per heavy atom. The summed E-state index contributed by atoms with van der Waals surface area (Å²) in [4.78, 5) is 24.2. The first kappa shape index (κ1) is 16.6. The Labute approximate surface area is 109 Å². The van der Waals surface area contributed by atoms with Crippen LogP contribution in [0.15, 0.2) is 5.11 Å². The summed E-state index contributed by atoms with van der Waals surface area (Å²) in [6, 6.07) is -0.854. The summed E-state index contributed by atoms with van der Waals surface area (Å²) in [5, 5.41) is 14.4. The van der Waals surface area contributed by atoms with Gasteiger partial charge in [-0.2, -0.15) is 11.8 Å². The number of aliphatic carboxylic acids is 1. The minimum absolute atomic E-state index is 0.105. The Balaban J connectivity index is 3.40. The van der Waals surface area contributed by atoms with E-state index in [1.165, 1.54) is 11.8 Å². The molecule has 0 saturated carbocycles. The molecular formula is C9H17N5O3S. The van der Waals surface area contributed by atoms with Crippen LogP contribution in [0, 0.1) is 0 Å². The number of hydrogen-bond acceptors (Lipinski definition) is 5. The predicted molar refractivity (Wildman–Crippen MR) is 69.2 cm³/mol. The van der Waals surface area contributed by atoms with Crippen molar-refractivity contribution in [3.8, 4) is 0 Å². The number of amides is 1. The van der Waals surface area contributed by atoms with Gasteiger partial charge in [0.25, 0.3) is 0 Å². The molecule has 0 aromatic rings. The third-order valence-electron chi connectivity index (χ3n) is 1.90. The Hall–Kier alpha value is -1.44. The fraction of sp³-hybridized carbons (Fsp3) is 0.778. The maximum absolute atomic E-state index is 11.2. The smallest absolute Gasteiger partial charge is 0.321 e. The minimum atomic E-state index is -1.02. The molecule has 9 heteroatoms. The van der Waals surface area contributed by atoms with Crippen molar-refractivity contribution in [2.24, 2.45) is 10.8 Å². The molecule has 0 bridgehead atoms. The number of azide groups is 1. The summed E-state index contributed by atoms with van der Waals surface area (Å²) in [6.45, 7) is 0.574. The maximum atomic E-state index is 11.2. The Kier molecular flexibility index (Phi) is 9.84. The second-order valence-corrected chi connectivity index (χ2v) is 4.58. The quantitative estimate of drug-likeness (QED) is 0.228. The molecule has 0 radical (unpaired) electrons. The van der Waals surface area contributed by atoms with Crippen LogP contribution in [0.4, 0.5) is 0 Å². The largest absolute Gasteiger partial charge is 0.480 e. The van der Waals surface area contributed by atoms with Crippen LogP contribution in [0.2, 0.25) is 0 Å². The number of nitrogens with two attached hydrogens (primary N) is 1. The van der Waals surface area contributed by atoms with E-state index < -0.39 is 12.0 Å². The average molecular weight is 275 g/mol. The summed E-state index contributed by atoms with van der Waals surface area (Å²) in [5.74, 6) is -0.0944. The number of carbonyl (C=O) groups is 2. The molecule has 102 valence electrons. The van der Waals surface area contributed by atoms with Crippen molar-refractivity contribution < 1.29 is 14.7 Å². The van der Waals surface area contributed by atoms with E-state index >= 15 is 0 Å². The lowest BCUT2D eigenvalue weighted by atomic mass is 10.3. The molecule has 18 heavy (non-hydrogen) atoms. The van der Waals surface area contributed by atoms with Crippen molar-refractivity contribution in [3.63, 3.8) is 0 Å². The van der Waals surface area contributed by atoms with E-state index in [0.29, 0.717) is 30.9 Å². The number of hydrogen-bond donors (Lipinski definition) is 3. The first-order valence-corrected chi connectivity index (χ1v) is 6.57. The summed E-state index contributed by atoms with van der Waals surface area (Å²) in [6.07, 6.45) is 1.02. The van der Waals surface area contributed by atoms with Gasteiger partial charge in [0.1, 0.15) is 6.04 Å². The predicted octanol–water partition coefficient (Wildman–Crippen LogP) is 0.338. The number of carbonyl (C=O) groups excluding carboxylic acids is 1. The maximum Gasteiger partial charge on any atom is 0.321 e. The standard InChI is InChI=1S/C9H17N5O3S/c10-7(9(16)17)6-18-5-1-2-8(15)12-3-4-13-14-11/h7H,1-6,10H2,(H,12,15)(H,16,17). The van der Waals surface area contributed by atoms with Crippen LogP contribution >= 0.6 is 11.8 Å². The molecule has 1 unspecified atom stereocenters. The second-order valence-electron chi connectivity index (χ2n) is 3.43. The van der Waals surface area contributed by atoms with Gasteiger partial charge in [-0.1, -0.05) is 5.11 Å². The lowest BCUT2D eigenvalue weighted by Gasteiger charge is -2.06. The number of carboxylic acid groups (broad SMARTS) is 1. The van der Waals surface area contributed by atoms with E-state index in [1.54, 1.807) is 0 Å². The number of nitrogens with one attached hydrogen (secondary N) is 1. The second kappa shape index (κ2) is 10.7. The highest BCUT2D eigenvalue weighted by Gasteiger charge is 2.10. The van der Waals surface area contributed by atoms with Crippen LogP contribution in [0.3, 0.4) is 0 Å². The number of thioether (sulfide) groups is 1. The molecule has 1 amide bonds. The van der Waals surface area contributed by atoms with Gasteiger partial charge in [-0.05, 0) is 17.7 Å². The highest BCUT2D eigenvalue weighted by atomic mass is 32.2. The summed E-state index contributed by atoms with van der Waals surface area (Å²) in [7, 11) is 0. The molecule has 8 nitrogen and oxygen atoms in total. The van der Waals surface area contributed by atoms with Crippen LogP contribution in [-0.2, 0) is 9.59 Å². The van der Waals surface area contributed by atoms with E-state index in [4.69, 9.17) is 16.4 Å². The van der Waals surface area contributed by atoms with Gasteiger partial charge in [0.05, 0.1) is 0 Å². The number of rotatable bonds is 10. The van der Waals surface area contributed by atoms with Crippen LogP contribution < -0.4 is 11.1 Å². The first-order chi connectivity index (χ1) is 8.57. The molecule has 0 fully saturated rings. The van der Waals surface area contributed by atoms with Crippen LogP contribution in [0.25, 0.3) is 10.4 Å². The van der Waals surface area contributed by atoms with Crippen molar-refractivity contribution in [2.45, 2.75) is 18.9 Å². The van der Waals surface area contributed by atoms with E-state index in [-0.39, 0.29) is 12.5 Å². The fourth-order valence-corrected chi connectivity index (χ4v) is 1.91. The lowest BCUT2D eigenvalue weighted by molar-refractivity contribution is -0.137. The minimum Gasteiger partial charge on any atom is -0.480 e. The molecule has 0 spiro atoms. The highest BCUT2D eigenvalue weighted by molar-refractivity contribution is 7.99. The van der Waals surface area contributed by atoms with E-state index in [9.17, 15) is 9.59 Å². The normalized spacial score (nSPS) is 11.4. The third-order valence-corrected chi connectivity index (χ3v) is 3.08. The van der Waals surface area contributed by atoms with Gasteiger partial charge in [-0.25, -0.2) is 0 Å². The van der Waals surface area contributed by atoms with Crippen molar-refractivity contribution in [3.05, 3.63) is 10.4 Å². The lowest BCUT2D eigenvalue weighted by Crippen LogP contribution is -2.32. The molecule has 0 aliphatic rings. The number of nitrogens with zero attached hydrogens (tertiary/aromatic N) is 3. The Morgan fingerprint density at radius 2 is 2.28 bits per heavy atom. The van der Waals surface area contributed by atoms with Crippen LogP contribution in [-0.4, -0.2) is 47.6 Å². The summed E-state index contributed by atoms with van der Waals surface area (Å²) < 4.78 is 0. The van der Waals surface area contributed by atoms with Gasteiger partial charge in [0.15, 0.2) is 0 Å². The van der Waals surface area contributed by atoms with Gasteiger partial charge in [-0.15, -0.1) is 0 Å². The van der Waals surface area contributed by atoms with Crippen molar-refractivity contribution in [2.75, 3.05) is 24.6 Å². The van der Waals surface area contributed by atoms with Gasteiger partial charge in [0, 0.05) is 30.2 Å². The molecule has 1 atom stereocenters. The molecule has 4 N–H and O–H groups in total. The summed E-state index contributed by atoms with van der Waals surface area (Å²) in [5.41, 5.74) is 13.3. The molecule has 0 aliphatic heterocycles. The van der Waals surface area contributed by atoms with E-state index in [2.05, 4.69) is 15.3 Å². The molecule has 0 saturated heterocycles. The van der Waals surface area contributed by atoms with Crippen LogP contribution in [0.5, 0.6) is 0 Å². The monoisotopic (exact) mass is 275 g/mol. The molecule has 0 aromatic heterocycles. The van der Waals surface area contributed by atoms with Crippen molar-refractivity contribution in [1.82, 2.24) is 5.32 Å². The summed E-state index contributed by atoms with van der Waals surface area (Å²) >= 11 is 1.41. The van der Waals surface area contributed by atoms with Gasteiger partial charge >= 0.3 is 5.97 Å². The fourth-order valence-electron chi connectivity index (χ4n) is 0.995. The SMILES string of the molecule is [N-]=[N+]=NCCNC(=O)CCCSCC(N)C(=O)O. The average Bonchev–Trinajstić information content (AvgIpc) is 2.33. The van der Waals surface area contributed by atoms with Crippen molar-refractivity contribution in [1.29, 1.82) is 0 Å². The Morgan fingerprint density at radius 1 is 1.56 bits per heavy atom. The number of carboxylic acids is 1. The molecule has 0 aromatic carbocycles. The van der Waals surface area contributed by atoms with Gasteiger partial charge in [-0.3, -0.25) is 9.59 Å². The Bertz CT molecular complexity index is 319. The van der Waals surface area contributed by atoms with E-state index in [1.807, 2.05) is 0 Å². The first-order valence-electron chi connectivity index (χ1n) is 5.41. The van der Waals surface area contributed by atoms with Gasteiger partial charge < -0.3 is 16.2 Å². The van der Waals surface area contributed by atoms with Gasteiger partial charge in [0.2, 0.25) is 5.91 Å². The zero-order chi connectivity index (χ0) is 13.8. The van der Waals surface area contributed by atoms with E-state index in [0.717, 1.165) is 0 Å². The topological polar surface area (TPSA) is 141 Å². The van der Waals surface area contributed by atoms with Crippen molar-refractivity contribution >= 4 is 23.6 Å². The molecule has 0 aliphatic carbocycles. The zero-order valence-corrected chi connectivity index (χ0v) is 10.7. The molecule has 0 rings (SSSR count). The molecular weight excluding hydrogens is 258 g/mol. The third kappa shape index (κ3) is 9.76.